The van der Waals surface area contributed by atoms with E-state index < -0.39 is 0 Å². The predicted molar refractivity (Wildman–Crippen MR) is 111 cm³/mol. The zero-order valence-corrected chi connectivity index (χ0v) is 16.5. The van der Waals surface area contributed by atoms with E-state index >= 15 is 0 Å². The van der Waals surface area contributed by atoms with Crippen LogP contribution < -0.4 is 16.0 Å². The number of benzene rings is 2. The van der Waals surface area contributed by atoms with E-state index in [1.54, 1.807) is 30.3 Å². The molecule has 1 aliphatic heterocycles. The average Bonchev–Trinajstić information content (AvgIpc) is 3.21. The van der Waals surface area contributed by atoms with Gasteiger partial charge in [0.25, 0.3) is 5.91 Å². The minimum Gasteiger partial charge on any atom is -0.376 e. The summed E-state index contributed by atoms with van der Waals surface area (Å²) in [5.41, 5.74) is 2.83. The Morgan fingerprint density at radius 1 is 1.18 bits per heavy atom. The molecular weight excluding hydrogens is 378 g/mol. The lowest BCUT2D eigenvalue weighted by molar-refractivity contribution is -0.114. The first-order chi connectivity index (χ1) is 13.5. The van der Waals surface area contributed by atoms with Gasteiger partial charge in [-0.1, -0.05) is 23.7 Å². The van der Waals surface area contributed by atoms with Crippen molar-refractivity contribution in [3.8, 4) is 0 Å². The highest BCUT2D eigenvalue weighted by Gasteiger charge is 2.16. The van der Waals surface area contributed by atoms with Gasteiger partial charge in [0.2, 0.25) is 5.91 Å². The van der Waals surface area contributed by atoms with Crippen LogP contribution in [0.4, 0.5) is 11.4 Å². The number of nitrogens with one attached hydrogen (secondary N) is 3. The van der Waals surface area contributed by atoms with Crippen LogP contribution >= 0.6 is 11.6 Å². The molecule has 7 heteroatoms. The summed E-state index contributed by atoms with van der Waals surface area (Å²) in [6.07, 6.45) is 2.12. The SMILES string of the molecule is Cc1ccc(NC(=O)CNc2cccc(C(=O)NCC3CCCO3)c2)cc1Cl. The minimum absolute atomic E-state index is 0.0759. The minimum atomic E-state index is -0.201. The molecule has 0 aliphatic carbocycles. The highest BCUT2D eigenvalue weighted by Crippen LogP contribution is 2.20. The molecule has 28 heavy (non-hydrogen) atoms. The molecular formula is C21H24ClN3O3. The van der Waals surface area contributed by atoms with Crippen LogP contribution in [0.15, 0.2) is 42.5 Å². The normalized spacial score (nSPS) is 15.9. The predicted octanol–water partition coefficient (Wildman–Crippen LogP) is 3.61. The molecule has 148 valence electrons. The molecule has 0 saturated carbocycles. The molecule has 3 N–H and O–H groups in total. The molecule has 1 aliphatic rings. The number of halogens is 1. The van der Waals surface area contributed by atoms with Crippen LogP contribution in [0.3, 0.4) is 0 Å². The van der Waals surface area contributed by atoms with Gasteiger partial charge in [-0.3, -0.25) is 9.59 Å². The molecule has 3 rings (SSSR count). The van der Waals surface area contributed by atoms with Crippen molar-refractivity contribution in [2.45, 2.75) is 25.9 Å². The second-order valence-corrected chi connectivity index (χ2v) is 7.20. The fraction of sp³-hybridized carbons (Fsp3) is 0.333. The van der Waals surface area contributed by atoms with Gasteiger partial charge >= 0.3 is 0 Å². The van der Waals surface area contributed by atoms with Crippen LogP contribution in [0.2, 0.25) is 5.02 Å². The monoisotopic (exact) mass is 401 g/mol. The second kappa shape index (κ2) is 9.57. The number of carbonyl (C=O) groups is 2. The van der Waals surface area contributed by atoms with Crippen molar-refractivity contribution in [2.24, 2.45) is 0 Å². The van der Waals surface area contributed by atoms with Crippen LogP contribution in [0.1, 0.15) is 28.8 Å². The van der Waals surface area contributed by atoms with Gasteiger partial charge in [0.05, 0.1) is 12.6 Å². The summed E-state index contributed by atoms with van der Waals surface area (Å²) in [6, 6.07) is 12.4. The van der Waals surface area contributed by atoms with Gasteiger partial charge < -0.3 is 20.7 Å². The van der Waals surface area contributed by atoms with E-state index in [2.05, 4.69) is 16.0 Å². The van der Waals surface area contributed by atoms with Gasteiger partial charge in [-0.05, 0) is 55.7 Å². The fourth-order valence-electron chi connectivity index (χ4n) is 2.94. The lowest BCUT2D eigenvalue weighted by atomic mass is 10.1. The Labute approximate surface area is 169 Å². The molecule has 0 spiro atoms. The highest BCUT2D eigenvalue weighted by molar-refractivity contribution is 6.31. The Kier molecular flexibility index (Phi) is 6.90. The quantitative estimate of drug-likeness (QED) is 0.662. The Morgan fingerprint density at radius 3 is 2.79 bits per heavy atom. The fourth-order valence-corrected chi connectivity index (χ4v) is 3.12. The first-order valence-corrected chi connectivity index (χ1v) is 9.69. The Bertz CT molecular complexity index is 851. The van der Waals surface area contributed by atoms with E-state index in [-0.39, 0.29) is 24.5 Å². The number of anilines is 2. The van der Waals surface area contributed by atoms with Crippen molar-refractivity contribution in [2.75, 3.05) is 30.3 Å². The summed E-state index contributed by atoms with van der Waals surface area (Å²) in [5.74, 6) is -0.356. The summed E-state index contributed by atoms with van der Waals surface area (Å²) in [7, 11) is 0. The molecule has 2 amide bonds. The van der Waals surface area contributed by atoms with Gasteiger partial charge in [-0.25, -0.2) is 0 Å². The molecule has 0 aromatic heterocycles. The van der Waals surface area contributed by atoms with Gasteiger partial charge in [-0.2, -0.15) is 0 Å². The lowest BCUT2D eigenvalue weighted by Gasteiger charge is -2.12. The van der Waals surface area contributed by atoms with Crippen molar-refractivity contribution in [3.63, 3.8) is 0 Å². The number of ether oxygens (including phenoxy) is 1. The third-order valence-electron chi connectivity index (χ3n) is 4.55. The Morgan fingerprint density at radius 2 is 2.04 bits per heavy atom. The molecule has 2 aromatic rings. The first kappa shape index (κ1) is 20.2. The van der Waals surface area contributed by atoms with E-state index in [0.717, 1.165) is 25.0 Å². The number of carbonyl (C=O) groups excluding carboxylic acids is 2. The molecule has 0 radical (unpaired) electrons. The molecule has 1 saturated heterocycles. The molecule has 0 bridgehead atoms. The number of aryl methyl sites for hydroxylation is 1. The summed E-state index contributed by atoms with van der Waals surface area (Å²) in [4.78, 5) is 24.4. The molecule has 1 atom stereocenters. The lowest BCUT2D eigenvalue weighted by Crippen LogP contribution is -2.31. The van der Waals surface area contributed by atoms with Crippen LogP contribution in [-0.4, -0.2) is 37.6 Å². The Hall–Kier alpha value is -2.57. The second-order valence-electron chi connectivity index (χ2n) is 6.79. The van der Waals surface area contributed by atoms with E-state index in [9.17, 15) is 9.59 Å². The summed E-state index contributed by atoms with van der Waals surface area (Å²) in [5, 5.41) is 9.32. The highest BCUT2D eigenvalue weighted by atomic mass is 35.5. The van der Waals surface area contributed by atoms with E-state index in [1.807, 2.05) is 19.1 Å². The van der Waals surface area contributed by atoms with E-state index in [0.29, 0.717) is 28.5 Å². The van der Waals surface area contributed by atoms with E-state index in [1.165, 1.54) is 0 Å². The Balaban J connectivity index is 1.50. The van der Waals surface area contributed by atoms with Crippen LogP contribution in [0.25, 0.3) is 0 Å². The van der Waals surface area contributed by atoms with Crippen molar-refractivity contribution in [1.82, 2.24) is 5.32 Å². The average molecular weight is 402 g/mol. The van der Waals surface area contributed by atoms with Crippen molar-refractivity contribution in [3.05, 3.63) is 58.6 Å². The van der Waals surface area contributed by atoms with Crippen molar-refractivity contribution < 1.29 is 14.3 Å². The number of rotatable bonds is 7. The van der Waals surface area contributed by atoms with Crippen molar-refractivity contribution >= 4 is 34.8 Å². The number of hydrogen-bond donors (Lipinski definition) is 3. The maximum Gasteiger partial charge on any atom is 0.251 e. The third kappa shape index (κ3) is 5.71. The molecule has 1 fully saturated rings. The maximum atomic E-state index is 12.3. The number of hydrogen-bond acceptors (Lipinski definition) is 4. The van der Waals surface area contributed by atoms with Gasteiger partial charge in [0.15, 0.2) is 0 Å². The van der Waals surface area contributed by atoms with Crippen LogP contribution in [-0.2, 0) is 9.53 Å². The topological polar surface area (TPSA) is 79.5 Å². The van der Waals surface area contributed by atoms with Gasteiger partial charge in [-0.15, -0.1) is 0 Å². The molecule has 6 nitrogen and oxygen atoms in total. The summed E-state index contributed by atoms with van der Waals surface area (Å²) < 4.78 is 5.51. The van der Waals surface area contributed by atoms with Crippen LogP contribution in [0.5, 0.6) is 0 Å². The molecule has 2 aromatic carbocycles. The summed E-state index contributed by atoms with van der Waals surface area (Å²) >= 11 is 6.07. The van der Waals surface area contributed by atoms with Gasteiger partial charge in [0.1, 0.15) is 0 Å². The third-order valence-corrected chi connectivity index (χ3v) is 4.95. The van der Waals surface area contributed by atoms with Crippen LogP contribution in [0, 0.1) is 6.92 Å². The number of amides is 2. The zero-order valence-electron chi connectivity index (χ0n) is 15.8. The maximum absolute atomic E-state index is 12.3. The van der Waals surface area contributed by atoms with Crippen molar-refractivity contribution in [1.29, 1.82) is 0 Å². The molecule has 1 unspecified atom stereocenters. The zero-order chi connectivity index (χ0) is 19.9. The molecule has 1 heterocycles. The largest absolute Gasteiger partial charge is 0.376 e. The first-order valence-electron chi connectivity index (χ1n) is 9.31. The standard InChI is InChI=1S/C21H24ClN3O3/c1-14-7-8-17(11-19(14)22)25-20(26)13-23-16-5-2-4-15(10-16)21(27)24-12-18-6-3-9-28-18/h2,4-5,7-8,10-11,18,23H,3,6,9,12-13H2,1H3,(H,24,27)(H,25,26). The van der Waals surface area contributed by atoms with Gasteiger partial charge in [0, 0.05) is 35.1 Å². The summed E-state index contributed by atoms with van der Waals surface area (Å²) in [6.45, 7) is 3.25. The van der Waals surface area contributed by atoms with E-state index in [4.69, 9.17) is 16.3 Å². The smallest absolute Gasteiger partial charge is 0.251 e.